The van der Waals surface area contributed by atoms with E-state index in [0.717, 1.165) is 12.8 Å². The number of nitrogens with zero attached hydrogens (tertiary/aromatic N) is 1. The zero-order valence-corrected chi connectivity index (χ0v) is 14.6. The lowest BCUT2D eigenvalue weighted by molar-refractivity contribution is -0.384. The van der Waals surface area contributed by atoms with Gasteiger partial charge in [-0.15, -0.1) is 0 Å². The smallest absolute Gasteiger partial charge is 0.269 e. The quantitative estimate of drug-likeness (QED) is 0.438. The third-order valence-corrected chi connectivity index (χ3v) is 5.65. The number of ether oxygens (including phenoxy) is 1. The van der Waals surface area contributed by atoms with Gasteiger partial charge in [0.25, 0.3) is 5.69 Å². The minimum Gasteiger partial charge on any atom is -0.377 e. The van der Waals surface area contributed by atoms with Crippen molar-refractivity contribution in [3.8, 4) is 0 Å². The molecule has 0 saturated heterocycles. The van der Waals surface area contributed by atoms with Crippen LogP contribution in [0.2, 0.25) is 0 Å². The zero-order chi connectivity index (χ0) is 17.6. The number of non-ortho nitro benzene ring substituents is 1. The maximum atomic E-state index is 12.0. The third-order valence-electron chi connectivity index (χ3n) is 4.29. The van der Waals surface area contributed by atoms with Crippen molar-refractivity contribution in [3.05, 3.63) is 39.9 Å². The first-order valence-corrected chi connectivity index (χ1v) is 9.85. The van der Waals surface area contributed by atoms with E-state index in [0.29, 0.717) is 18.1 Å². The van der Waals surface area contributed by atoms with Gasteiger partial charge in [0.1, 0.15) is 0 Å². The molecule has 1 N–H and O–H groups in total. The Bertz CT molecular complexity index is 645. The Labute approximate surface area is 142 Å². The van der Waals surface area contributed by atoms with Gasteiger partial charge < -0.3 is 4.74 Å². The molecule has 0 bridgehead atoms. The topological polar surface area (TPSA) is 98.5 Å². The Kier molecular flexibility index (Phi) is 6.70. The molecule has 24 heavy (non-hydrogen) atoms. The Hall–Kier alpha value is -1.51. The van der Waals surface area contributed by atoms with Crippen molar-refractivity contribution in [1.82, 2.24) is 4.72 Å². The Morgan fingerprint density at radius 2 is 1.92 bits per heavy atom. The van der Waals surface area contributed by atoms with Crippen molar-refractivity contribution >= 4 is 15.7 Å². The van der Waals surface area contributed by atoms with Crippen LogP contribution in [0.1, 0.15) is 38.2 Å². The average Bonchev–Trinajstić information content (AvgIpc) is 2.53. The first-order valence-electron chi connectivity index (χ1n) is 8.19. The molecule has 0 aromatic heterocycles. The van der Waals surface area contributed by atoms with Gasteiger partial charge in [-0.2, -0.15) is 0 Å². The van der Waals surface area contributed by atoms with E-state index in [1.54, 1.807) is 0 Å². The number of hydrogen-bond acceptors (Lipinski definition) is 5. The fourth-order valence-corrected chi connectivity index (χ4v) is 4.05. The molecule has 0 spiro atoms. The number of sulfonamides is 1. The largest absolute Gasteiger partial charge is 0.377 e. The maximum absolute atomic E-state index is 12.0. The number of hydrogen-bond donors (Lipinski definition) is 1. The number of benzene rings is 1. The van der Waals surface area contributed by atoms with Crippen LogP contribution in [-0.4, -0.2) is 32.6 Å². The summed E-state index contributed by atoms with van der Waals surface area (Å²) in [5.74, 6) is 0.320. The molecule has 1 aliphatic carbocycles. The normalized spacial score (nSPS) is 21.5. The SMILES string of the molecule is CC1CCCCC1OCCNS(=O)(=O)Cc1ccc([N+](=O)[O-])cc1. The van der Waals surface area contributed by atoms with Crippen LogP contribution in [0.25, 0.3) is 0 Å². The highest BCUT2D eigenvalue weighted by Gasteiger charge is 2.21. The summed E-state index contributed by atoms with van der Waals surface area (Å²) in [7, 11) is -3.48. The number of nitrogens with one attached hydrogen (secondary N) is 1. The molecular formula is C16H24N2O5S. The molecule has 0 heterocycles. The van der Waals surface area contributed by atoms with E-state index in [9.17, 15) is 18.5 Å². The lowest BCUT2D eigenvalue weighted by Gasteiger charge is -2.28. The molecule has 1 aromatic rings. The predicted molar refractivity (Wildman–Crippen MR) is 91.1 cm³/mol. The van der Waals surface area contributed by atoms with Crippen molar-refractivity contribution in [2.75, 3.05) is 13.2 Å². The number of rotatable bonds is 8. The summed E-state index contributed by atoms with van der Waals surface area (Å²) >= 11 is 0. The van der Waals surface area contributed by atoms with Crippen LogP contribution < -0.4 is 4.72 Å². The predicted octanol–water partition coefficient (Wildman–Crippen LogP) is 2.61. The van der Waals surface area contributed by atoms with Gasteiger partial charge in [0.05, 0.1) is 23.4 Å². The highest BCUT2D eigenvalue weighted by atomic mass is 32.2. The summed E-state index contributed by atoms with van der Waals surface area (Å²) in [6.45, 7) is 2.76. The van der Waals surface area contributed by atoms with Gasteiger partial charge in [0.15, 0.2) is 0 Å². The Balaban J connectivity index is 1.75. The molecule has 8 heteroatoms. The van der Waals surface area contributed by atoms with Crippen molar-refractivity contribution < 1.29 is 18.1 Å². The van der Waals surface area contributed by atoms with Crippen LogP contribution in [0.15, 0.2) is 24.3 Å². The van der Waals surface area contributed by atoms with Crippen LogP contribution in [0.3, 0.4) is 0 Å². The molecular weight excluding hydrogens is 332 g/mol. The molecule has 0 radical (unpaired) electrons. The van der Waals surface area contributed by atoms with Crippen molar-refractivity contribution in [1.29, 1.82) is 0 Å². The lowest BCUT2D eigenvalue weighted by Crippen LogP contribution is -2.32. The van der Waals surface area contributed by atoms with Gasteiger partial charge in [-0.05, 0) is 24.3 Å². The second kappa shape index (κ2) is 8.55. The second-order valence-electron chi connectivity index (χ2n) is 6.25. The summed E-state index contributed by atoms with van der Waals surface area (Å²) in [6.07, 6.45) is 4.83. The van der Waals surface area contributed by atoms with Crippen molar-refractivity contribution in [2.45, 2.75) is 44.5 Å². The molecule has 2 atom stereocenters. The summed E-state index contributed by atoms with van der Waals surface area (Å²) < 4.78 is 32.4. The molecule has 0 aliphatic heterocycles. The maximum Gasteiger partial charge on any atom is 0.269 e. The van der Waals surface area contributed by atoms with Crippen LogP contribution >= 0.6 is 0 Å². The molecule has 2 unspecified atom stereocenters. The summed E-state index contributed by atoms with van der Waals surface area (Å²) in [4.78, 5) is 10.1. The molecule has 1 fully saturated rings. The van der Waals surface area contributed by atoms with Crippen LogP contribution in [0.4, 0.5) is 5.69 Å². The van der Waals surface area contributed by atoms with Crippen molar-refractivity contribution in [2.24, 2.45) is 5.92 Å². The molecule has 2 rings (SSSR count). The zero-order valence-electron chi connectivity index (χ0n) is 13.8. The minimum atomic E-state index is -3.48. The molecule has 7 nitrogen and oxygen atoms in total. The van der Waals surface area contributed by atoms with E-state index in [4.69, 9.17) is 4.74 Å². The van der Waals surface area contributed by atoms with E-state index in [1.165, 1.54) is 37.1 Å². The molecule has 1 saturated carbocycles. The van der Waals surface area contributed by atoms with E-state index in [2.05, 4.69) is 11.6 Å². The third kappa shape index (κ3) is 5.85. The summed E-state index contributed by atoms with van der Waals surface area (Å²) in [6, 6.07) is 5.52. The molecule has 0 amide bonds. The Morgan fingerprint density at radius 1 is 1.25 bits per heavy atom. The van der Waals surface area contributed by atoms with E-state index >= 15 is 0 Å². The van der Waals surface area contributed by atoms with Gasteiger partial charge in [0.2, 0.25) is 10.0 Å². The molecule has 1 aliphatic rings. The van der Waals surface area contributed by atoms with Gasteiger partial charge in [-0.1, -0.05) is 31.9 Å². The standard InChI is InChI=1S/C16H24N2O5S/c1-13-4-2-3-5-16(13)23-11-10-17-24(21,22)12-14-6-8-15(9-7-14)18(19)20/h6-9,13,16-17H,2-5,10-12H2,1H3. The highest BCUT2D eigenvalue weighted by Crippen LogP contribution is 2.26. The summed E-state index contributed by atoms with van der Waals surface area (Å²) in [5.41, 5.74) is 0.453. The molecule has 1 aromatic carbocycles. The first kappa shape index (κ1) is 18.8. The average molecular weight is 356 g/mol. The fourth-order valence-electron chi connectivity index (χ4n) is 2.92. The monoisotopic (exact) mass is 356 g/mol. The van der Waals surface area contributed by atoms with E-state index < -0.39 is 14.9 Å². The minimum absolute atomic E-state index is 0.0564. The van der Waals surface area contributed by atoms with E-state index in [-0.39, 0.29) is 24.1 Å². The Morgan fingerprint density at radius 3 is 2.54 bits per heavy atom. The van der Waals surface area contributed by atoms with Gasteiger partial charge in [-0.3, -0.25) is 10.1 Å². The molecule has 134 valence electrons. The lowest BCUT2D eigenvalue weighted by atomic mass is 9.88. The van der Waals surface area contributed by atoms with Gasteiger partial charge in [-0.25, -0.2) is 13.1 Å². The van der Waals surface area contributed by atoms with Gasteiger partial charge in [0, 0.05) is 18.7 Å². The number of nitro groups is 1. The first-order chi connectivity index (χ1) is 11.4. The van der Waals surface area contributed by atoms with Gasteiger partial charge >= 0.3 is 0 Å². The number of nitro benzene ring substituents is 1. The second-order valence-corrected chi connectivity index (χ2v) is 8.05. The van der Waals surface area contributed by atoms with Crippen LogP contribution in [0.5, 0.6) is 0 Å². The summed E-state index contributed by atoms with van der Waals surface area (Å²) in [5, 5.41) is 10.6. The van der Waals surface area contributed by atoms with Crippen LogP contribution in [0, 0.1) is 16.0 Å². The van der Waals surface area contributed by atoms with E-state index in [1.807, 2.05) is 0 Å². The highest BCUT2D eigenvalue weighted by molar-refractivity contribution is 7.88. The fraction of sp³-hybridized carbons (Fsp3) is 0.625. The van der Waals surface area contributed by atoms with Crippen LogP contribution in [-0.2, 0) is 20.5 Å². The van der Waals surface area contributed by atoms with Crippen molar-refractivity contribution in [3.63, 3.8) is 0 Å².